The lowest BCUT2D eigenvalue weighted by Crippen LogP contribution is -2.46. The van der Waals surface area contributed by atoms with E-state index in [4.69, 9.17) is 25.5 Å². The Kier molecular flexibility index (Phi) is 9.13. The molecule has 0 spiro atoms. The molecule has 5 heterocycles. The molecule has 8 unspecified atom stereocenters. The van der Waals surface area contributed by atoms with Crippen LogP contribution in [0.4, 0.5) is 5.82 Å². The van der Waals surface area contributed by atoms with E-state index in [0.29, 0.717) is 0 Å². The van der Waals surface area contributed by atoms with Gasteiger partial charge in [0.2, 0.25) is 0 Å². The monoisotopic (exact) mass is 664 g/mol. The Hall–Kier alpha value is -3.01. The van der Waals surface area contributed by atoms with Crippen LogP contribution in [0, 0.1) is 0 Å². The van der Waals surface area contributed by atoms with Crippen molar-refractivity contribution in [1.82, 2.24) is 19.5 Å². The quantitative estimate of drug-likeness (QED) is 0.0747. The van der Waals surface area contributed by atoms with Gasteiger partial charge in [-0.25, -0.2) is 24.1 Å². The maximum Gasteiger partial charge on any atom is 0.481 e. The number of carbonyl (C=O) groups is 1. The van der Waals surface area contributed by atoms with Crippen LogP contribution in [-0.2, 0) is 32.0 Å². The van der Waals surface area contributed by atoms with Gasteiger partial charge in [0.15, 0.2) is 36.2 Å². The van der Waals surface area contributed by atoms with Gasteiger partial charge in [-0.05, 0) is 6.07 Å². The zero-order valence-corrected chi connectivity index (χ0v) is 24.0. The van der Waals surface area contributed by atoms with E-state index in [9.17, 15) is 44.1 Å². The molecule has 5 rings (SSSR count). The number of ether oxygens (including phenoxy) is 2. The molecule has 10 N–H and O–H groups in total. The van der Waals surface area contributed by atoms with E-state index < -0.39 is 83.8 Å². The fourth-order valence-corrected chi connectivity index (χ4v) is 6.67. The van der Waals surface area contributed by atoms with Crippen molar-refractivity contribution < 1.29 is 71.5 Å². The Balaban J connectivity index is 1.16. The number of anilines is 1. The second-order valence-electron chi connectivity index (χ2n) is 9.69. The summed E-state index contributed by atoms with van der Waals surface area (Å²) in [6.07, 6.45) is -6.85. The van der Waals surface area contributed by atoms with Gasteiger partial charge >= 0.3 is 15.6 Å². The van der Waals surface area contributed by atoms with Crippen LogP contribution in [0.5, 0.6) is 0 Å². The first-order valence-corrected chi connectivity index (χ1v) is 15.6. The molecule has 0 aliphatic carbocycles. The molecule has 0 aromatic carbocycles. The van der Waals surface area contributed by atoms with E-state index in [1.54, 1.807) is 0 Å². The van der Waals surface area contributed by atoms with Gasteiger partial charge in [0.25, 0.3) is 12.1 Å². The van der Waals surface area contributed by atoms with E-state index >= 15 is 0 Å². The second-order valence-corrected chi connectivity index (χ2v) is 12.7. The fraction of sp³-hybridized carbons (Fsp3) is 0.476. The SMILES string of the molecule is NC(=O)c1ccc[n+](C2OC(COP(=O)(O)OP(=O)(O)OCC3OC(n4cnc5c(N)ncnc54)[C@@H](O)C3O)C(O)[C@@H]2O)c1. The summed E-state index contributed by atoms with van der Waals surface area (Å²) in [4.78, 5) is 43.3. The minimum Gasteiger partial charge on any atom is -0.387 e. The topological polar surface area (TPSA) is 318 Å². The number of imidazole rings is 1. The molecule has 2 aliphatic heterocycles. The van der Waals surface area contributed by atoms with Gasteiger partial charge in [0, 0.05) is 6.07 Å². The van der Waals surface area contributed by atoms with E-state index in [1.165, 1.54) is 40.0 Å². The van der Waals surface area contributed by atoms with Crippen molar-refractivity contribution in [1.29, 1.82) is 0 Å². The van der Waals surface area contributed by atoms with Crippen LogP contribution in [0.3, 0.4) is 0 Å². The molecule has 2 saturated heterocycles. The van der Waals surface area contributed by atoms with Crippen molar-refractivity contribution in [2.75, 3.05) is 18.9 Å². The summed E-state index contributed by atoms with van der Waals surface area (Å²) in [7, 11) is -10.7. The van der Waals surface area contributed by atoms with Crippen LogP contribution in [0.15, 0.2) is 37.2 Å². The highest BCUT2D eigenvalue weighted by atomic mass is 31.3. The number of nitrogens with zero attached hydrogens (tertiary/aromatic N) is 5. The lowest BCUT2D eigenvalue weighted by Gasteiger charge is -2.20. The number of primary amides is 1. The molecular formula is C21H28N7O14P2+. The molecule has 10 atom stereocenters. The van der Waals surface area contributed by atoms with Gasteiger partial charge in [-0.2, -0.15) is 8.88 Å². The Labute approximate surface area is 246 Å². The number of amides is 1. The zero-order valence-electron chi connectivity index (χ0n) is 22.2. The molecule has 0 radical (unpaired) electrons. The predicted molar refractivity (Wildman–Crippen MR) is 139 cm³/mol. The summed E-state index contributed by atoms with van der Waals surface area (Å²) in [6.45, 7) is -1.80. The number of nitrogen functional groups attached to an aromatic ring is 1. The van der Waals surface area contributed by atoms with Gasteiger partial charge in [0.05, 0.1) is 19.5 Å². The summed E-state index contributed by atoms with van der Waals surface area (Å²) >= 11 is 0. The van der Waals surface area contributed by atoms with Crippen LogP contribution in [0.1, 0.15) is 22.8 Å². The van der Waals surface area contributed by atoms with E-state index in [0.717, 1.165) is 6.33 Å². The zero-order chi connectivity index (χ0) is 32.0. The number of nitrogens with two attached hydrogens (primary N) is 2. The van der Waals surface area contributed by atoms with Crippen LogP contribution in [-0.4, -0.2) is 105 Å². The van der Waals surface area contributed by atoms with Crippen LogP contribution < -0.4 is 16.0 Å². The second kappa shape index (κ2) is 12.4. The number of phosphoric ester groups is 2. The Morgan fingerprint density at radius 3 is 2.27 bits per heavy atom. The first kappa shape index (κ1) is 32.4. The molecule has 1 amide bonds. The third-order valence-electron chi connectivity index (χ3n) is 6.75. The number of pyridine rings is 1. The van der Waals surface area contributed by atoms with Gasteiger partial charge in [-0.3, -0.25) is 18.4 Å². The number of aliphatic hydroxyl groups is 4. The highest BCUT2D eigenvalue weighted by molar-refractivity contribution is 7.61. The third-order valence-corrected chi connectivity index (χ3v) is 9.35. The number of carbonyl (C=O) groups excluding carboxylic acids is 1. The van der Waals surface area contributed by atoms with Gasteiger partial charge < -0.3 is 51.2 Å². The minimum atomic E-state index is -5.37. The van der Waals surface area contributed by atoms with Crippen LogP contribution in [0.2, 0.25) is 0 Å². The van der Waals surface area contributed by atoms with Crippen molar-refractivity contribution in [3.05, 3.63) is 42.7 Å². The lowest BCUT2D eigenvalue weighted by atomic mass is 10.1. The number of fused-ring (bicyclic) bond motifs is 1. The summed E-state index contributed by atoms with van der Waals surface area (Å²) in [6, 6.07) is 2.83. The molecule has 23 heteroatoms. The molecule has 0 saturated carbocycles. The first-order valence-electron chi connectivity index (χ1n) is 12.6. The largest absolute Gasteiger partial charge is 0.481 e. The average molecular weight is 664 g/mol. The summed E-state index contributed by atoms with van der Waals surface area (Å²) in [5, 5.41) is 41.6. The molecular weight excluding hydrogens is 636 g/mol. The minimum absolute atomic E-state index is 0.0505. The first-order chi connectivity index (χ1) is 20.7. The molecule has 21 nitrogen and oxygen atoms in total. The molecule has 240 valence electrons. The van der Waals surface area contributed by atoms with Crippen molar-refractivity contribution in [2.45, 2.75) is 49.1 Å². The summed E-state index contributed by atoms with van der Waals surface area (Å²) in [5.41, 5.74) is 11.4. The number of rotatable bonds is 11. The Morgan fingerprint density at radius 1 is 0.977 bits per heavy atom. The maximum absolute atomic E-state index is 12.4. The highest BCUT2D eigenvalue weighted by Crippen LogP contribution is 2.60. The standard InChI is InChI=1S/C21H27N7O14P2/c22-17-12-19(25-7-24-17)28(8-26-12)21-16(32)14(30)11(41-21)6-39-44(36,37)42-43(34,35)38-5-10-13(29)15(31)20(40-10)27-3-1-2-9(4-27)18(23)33/h1-4,7-8,10-11,13-16,20-21,29-32H,5-6H2,(H5-,22,23,24,25,33,34,35,36,37)/p+1/t10?,11?,13?,14?,15-,16-,20?,21?/m0/s1. The molecule has 0 bridgehead atoms. The number of aromatic nitrogens is 5. The van der Waals surface area contributed by atoms with E-state index in [2.05, 4.69) is 23.8 Å². The Bertz CT molecular complexity index is 1630. The van der Waals surface area contributed by atoms with Gasteiger partial charge in [-0.1, -0.05) is 0 Å². The third kappa shape index (κ3) is 6.65. The van der Waals surface area contributed by atoms with Crippen molar-refractivity contribution in [3.63, 3.8) is 0 Å². The average Bonchev–Trinajstić information content (AvgIpc) is 3.61. The number of aliphatic hydroxyl groups excluding tert-OH is 4. The molecule has 2 aliphatic rings. The number of hydrogen-bond acceptors (Lipinski definition) is 16. The molecule has 3 aromatic heterocycles. The summed E-state index contributed by atoms with van der Waals surface area (Å²) in [5.74, 6) is -0.714. The van der Waals surface area contributed by atoms with Gasteiger partial charge in [-0.15, -0.1) is 0 Å². The normalized spacial score (nSPS) is 31.6. The maximum atomic E-state index is 12.4. The lowest BCUT2D eigenvalue weighted by molar-refractivity contribution is -0.765. The fourth-order valence-electron chi connectivity index (χ4n) is 4.58. The molecule has 44 heavy (non-hydrogen) atoms. The van der Waals surface area contributed by atoms with Crippen molar-refractivity contribution in [2.24, 2.45) is 5.73 Å². The van der Waals surface area contributed by atoms with E-state index in [1.807, 2.05) is 0 Å². The van der Waals surface area contributed by atoms with E-state index in [-0.39, 0.29) is 22.5 Å². The van der Waals surface area contributed by atoms with Crippen molar-refractivity contribution in [3.8, 4) is 0 Å². The molecule has 3 aromatic rings. The Morgan fingerprint density at radius 2 is 1.61 bits per heavy atom. The molecule has 2 fully saturated rings. The van der Waals surface area contributed by atoms with Crippen LogP contribution in [0.25, 0.3) is 11.2 Å². The smallest absolute Gasteiger partial charge is 0.387 e. The highest BCUT2D eigenvalue weighted by Gasteiger charge is 2.50. The summed E-state index contributed by atoms with van der Waals surface area (Å²) < 4.78 is 52.0. The number of hydrogen-bond donors (Lipinski definition) is 8. The predicted octanol–water partition coefficient (Wildman–Crippen LogP) is -3.02. The van der Waals surface area contributed by atoms with Gasteiger partial charge in [0.1, 0.15) is 47.9 Å². The number of phosphoric acid groups is 2. The van der Waals surface area contributed by atoms with Crippen molar-refractivity contribution >= 4 is 38.5 Å². The van der Waals surface area contributed by atoms with Crippen LogP contribution >= 0.6 is 15.6 Å².